The van der Waals surface area contributed by atoms with E-state index >= 15 is 4.39 Å². The molecule has 0 aliphatic carbocycles. The number of hydrogen-bond donors (Lipinski definition) is 0. The van der Waals surface area contributed by atoms with Crippen LogP contribution in [0.3, 0.4) is 0 Å². The molecule has 6 nitrogen and oxygen atoms in total. The Balaban J connectivity index is 1.79. The summed E-state index contributed by atoms with van der Waals surface area (Å²) in [4.78, 5) is 28.8. The number of methoxy groups -OCH3 is 3. The van der Waals surface area contributed by atoms with Crippen LogP contribution >= 0.6 is 11.3 Å². The van der Waals surface area contributed by atoms with Crippen LogP contribution in [0.5, 0.6) is 0 Å². The normalized spacial score (nSPS) is 11.5. The maximum Gasteiger partial charge on any atom is 0.373 e. The van der Waals surface area contributed by atoms with E-state index in [2.05, 4.69) is 9.72 Å². The number of halogens is 3. The van der Waals surface area contributed by atoms with Crippen molar-refractivity contribution in [2.24, 2.45) is 0 Å². The number of hydrogen-bond acceptors (Lipinski definition) is 7. The first-order chi connectivity index (χ1) is 18.3. The van der Waals surface area contributed by atoms with Gasteiger partial charge in [-0.15, -0.1) is 11.3 Å². The quantitative estimate of drug-likeness (QED) is 0.0814. The average molecular weight is 548 g/mol. The van der Waals surface area contributed by atoms with Crippen LogP contribution in [-0.2, 0) is 25.4 Å². The molecule has 38 heavy (non-hydrogen) atoms. The minimum absolute atomic E-state index is 0.0443. The molecular weight excluding hydrogens is 519 g/mol. The number of aryl methyl sites for hydroxylation is 1. The van der Waals surface area contributed by atoms with Crippen LogP contribution in [0.25, 0.3) is 17.3 Å². The summed E-state index contributed by atoms with van der Waals surface area (Å²) in [6, 6.07) is 6.73. The summed E-state index contributed by atoms with van der Waals surface area (Å²) in [5.41, 5.74) is 0.232. The summed E-state index contributed by atoms with van der Waals surface area (Å²) in [6.07, 6.45) is 5.18. The van der Waals surface area contributed by atoms with Gasteiger partial charge >= 0.3 is 5.97 Å². The summed E-state index contributed by atoms with van der Waals surface area (Å²) in [5.74, 6) is -4.61. The molecule has 1 heterocycles. The molecule has 3 aromatic rings. The molecule has 0 unspecified atom stereocenters. The van der Waals surface area contributed by atoms with Gasteiger partial charge in [-0.3, -0.25) is 4.79 Å². The largest absolute Gasteiger partial charge is 0.490 e. The van der Waals surface area contributed by atoms with Gasteiger partial charge in [0, 0.05) is 41.9 Å². The van der Waals surface area contributed by atoms with E-state index in [9.17, 15) is 18.4 Å². The minimum Gasteiger partial charge on any atom is -0.490 e. The molecule has 0 N–H and O–H groups in total. The Morgan fingerprint density at radius 1 is 0.974 bits per heavy atom. The molecule has 2 aromatic carbocycles. The van der Waals surface area contributed by atoms with Gasteiger partial charge in [-0.05, 0) is 43.0 Å². The predicted octanol–water partition coefficient (Wildman–Crippen LogP) is 6.37. The molecule has 0 aliphatic heterocycles. The lowest BCUT2D eigenvalue weighted by molar-refractivity contribution is -0.139. The molecule has 0 aliphatic rings. The van der Waals surface area contributed by atoms with Crippen LogP contribution in [0.2, 0.25) is 0 Å². The van der Waals surface area contributed by atoms with Crippen molar-refractivity contribution in [2.75, 3.05) is 27.9 Å². The third kappa shape index (κ3) is 7.08. The van der Waals surface area contributed by atoms with Crippen molar-refractivity contribution >= 4 is 29.2 Å². The highest BCUT2D eigenvalue weighted by Gasteiger charge is 2.21. The van der Waals surface area contributed by atoms with E-state index in [1.165, 1.54) is 5.38 Å². The molecular formula is C28H28F3NO5S. The Hall–Kier alpha value is -3.50. The summed E-state index contributed by atoms with van der Waals surface area (Å²) >= 11 is 0.951. The Bertz CT molecular complexity index is 1300. The SMILES string of the molecule is COCCCCCCc1cccc(-c2csc(C(=O)c3cc(F)c(/C=C(\OC)C(=O)OC)c(F)c3)n2)c1F. The van der Waals surface area contributed by atoms with Gasteiger partial charge in [-0.25, -0.2) is 22.9 Å². The lowest BCUT2D eigenvalue weighted by atomic mass is 10.0. The van der Waals surface area contributed by atoms with E-state index < -0.39 is 40.5 Å². The second-order valence-corrected chi connectivity index (χ2v) is 9.22. The number of aromatic nitrogens is 1. The van der Waals surface area contributed by atoms with Crippen LogP contribution in [-0.4, -0.2) is 44.7 Å². The molecule has 1 aromatic heterocycles. The lowest BCUT2D eigenvalue weighted by Crippen LogP contribution is -2.08. The lowest BCUT2D eigenvalue weighted by Gasteiger charge is -2.07. The van der Waals surface area contributed by atoms with Crippen molar-refractivity contribution < 1.29 is 37.0 Å². The zero-order chi connectivity index (χ0) is 27.7. The topological polar surface area (TPSA) is 74.7 Å². The number of ketones is 1. The number of benzene rings is 2. The number of ether oxygens (including phenoxy) is 3. The van der Waals surface area contributed by atoms with E-state index in [4.69, 9.17) is 9.47 Å². The summed E-state index contributed by atoms with van der Waals surface area (Å²) < 4.78 is 58.9. The molecule has 0 saturated heterocycles. The Labute approximate surface area is 223 Å². The first kappa shape index (κ1) is 29.1. The minimum atomic E-state index is -1.08. The fourth-order valence-electron chi connectivity index (χ4n) is 3.80. The van der Waals surface area contributed by atoms with Crippen LogP contribution < -0.4 is 0 Å². The summed E-state index contributed by atoms with van der Waals surface area (Å²) in [5, 5.41) is 1.49. The number of rotatable bonds is 13. The number of carbonyl (C=O) groups excluding carboxylic acids is 2. The Morgan fingerprint density at radius 3 is 2.34 bits per heavy atom. The predicted molar refractivity (Wildman–Crippen MR) is 138 cm³/mol. The molecule has 0 radical (unpaired) electrons. The van der Waals surface area contributed by atoms with Crippen molar-refractivity contribution in [2.45, 2.75) is 32.1 Å². The van der Waals surface area contributed by atoms with Crippen molar-refractivity contribution in [3.63, 3.8) is 0 Å². The van der Waals surface area contributed by atoms with Gasteiger partial charge in [0.25, 0.3) is 0 Å². The van der Waals surface area contributed by atoms with Crippen molar-refractivity contribution in [1.82, 2.24) is 4.98 Å². The van der Waals surface area contributed by atoms with Gasteiger partial charge < -0.3 is 14.2 Å². The Morgan fingerprint density at radius 2 is 1.68 bits per heavy atom. The molecule has 0 amide bonds. The first-order valence-electron chi connectivity index (χ1n) is 11.9. The molecule has 10 heteroatoms. The molecule has 0 spiro atoms. The second kappa shape index (κ2) is 13.9. The standard InChI is InChI=1S/C28H28F3NO5S/c1-35-12-7-5-4-6-9-17-10-8-11-19(25(17)31)23-16-38-27(32-23)26(33)18-13-21(29)20(22(30)14-18)15-24(36-2)28(34)37-3/h8,10-11,13-16H,4-7,9,12H2,1-3H3/b24-15-. The van der Waals surface area contributed by atoms with E-state index in [1.54, 1.807) is 25.3 Å². The summed E-state index contributed by atoms with van der Waals surface area (Å²) in [7, 11) is 3.91. The van der Waals surface area contributed by atoms with Crippen molar-refractivity contribution in [3.8, 4) is 11.3 Å². The van der Waals surface area contributed by atoms with E-state index in [-0.39, 0.29) is 21.8 Å². The van der Waals surface area contributed by atoms with Gasteiger partial charge in [0.15, 0.2) is 5.01 Å². The molecule has 0 saturated carbocycles. The third-order valence-corrected chi connectivity index (χ3v) is 6.66. The smallest absolute Gasteiger partial charge is 0.373 e. The monoisotopic (exact) mass is 547 g/mol. The van der Waals surface area contributed by atoms with Crippen molar-refractivity contribution in [1.29, 1.82) is 0 Å². The van der Waals surface area contributed by atoms with Gasteiger partial charge in [0.05, 0.1) is 19.9 Å². The number of nitrogens with zero attached hydrogens (tertiary/aromatic N) is 1. The molecule has 0 fully saturated rings. The van der Waals surface area contributed by atoms with Gasteiger partial charge in [-0.2, -0.15) is 0 Å². The zero-order valence-corrected chi connectivity index (χ0v) is 22.1. The first-order valence-corrected chi connectivity index (χ1v) is 12.8. The van der Waals surface area contributed by atoms with E-state index in [1.807, 2.05) is 0 Å². The third-order valence-electron chi connectivity index (χ3n) is 5.82. The molecule has 0 atom stereocenters. The van der Waals surface area contributed by atoms with Gasteiger partial charge in [0.1, 0.15) is 17.5 Å². The van der Waals surface area contributed by atoms with Crippen LogP contribution in [0.15, 0.2) is 41.5 Å². The zero-order valence-electron chi connectivity index (χ0n) is 21.3. The number of carbonyl (C=O) groups is 2. The van der Waals surface area contributed by atoms with Crippen molar-refractivity contribution in [3.05, 3.63) is 80.6 Å². The van der Waals surface area contributed by atoms with Gasteiger partial charge in [-0.1, -0.05) is 25.0 Å². The highest BCUT2D eigenvalue weighted by Crippen LogP contribution is 2.29. The molecule has 202 valence electrons. The second-order valence-electron chi connectivity index (χ2n) is 8.36. The summed E-state index contributed by atoms with van der Waals surface area (Å²) in [6.45, 7) is 0.708. The number of esters is 1. The van der Waals surface area contributed by atoms with Crippen LogP contribution in [0.4, 0.5) is 13.2 Å². The Kier molecular flexibility index (Phi) is 10.6. The molecule has 0 bridgehead atoms. The maximum absolute atomic E-state index is 15.2. The van der Waals surface area contributed by atoms with E-state index in [0.29, 0.717) is 18.6 Å². The average Bonchev–Trinajstić information content (AvgIpc) is 3.40. The van der Waals surface area contributed by atoms with Crippen LogP contribution in [0.1, 0.15) is 52.2 Å². The highest BCUT2D eigenvalue weighted by atomic mass is 32.1. The molecule has 3 rings (SSSR count). The van der Waals surface area contributed by atoms with Crippen LogP contribution in [0, 0.1) is 17.5 Å². The maximum atomic E-state index is 15.2. The van der Waals surface area contributed by atoms with Gasteiger partial charge in [0.2, 0.25) is 11.5 Å². The highest BCUT2D eigenvalue weighted by molar-refractivity contribution is 7.12. The fraction of sp³-hybridized carbons (Fsp3) is 0.321. The fourth-order valence-corrected chi connectivity index (χ4v) is 4.58. The number of unbranched alkanes of at least 4 members (excludes halogenated alkanes) is 3. The van der Waals surface area contributed by atoms with E-state index in [0.717, 1.165) is 69.4 Å². The number of thiazole rings is 1.